The quantitative estimate of drug-likeness (QED) is 0.797. The Bertz CT molecular complexity index is 585. The number of hydrogen-bond acceptors (Lipinski definition) is 2. The van der Waals surface area contributed by atoms with Gasteiger partial charge in [-0.25, -0.2) is 4.39 Å². The standard InChI is InChI=1S/C18H22FNS.ClH/c1-20-12-15(18-6-3-9-21-18)10-13-4-2-5-14-11-16(19)7-8-17(13)14;/h3,6-9,11,13,15,20H,2,4-5,10,12H2,1H3;1H. The van der Waals surface area contributed by atoms with E-state index in [0.29, 0.717) is 11.8 Å². The lowest BCUT2D eigenvalue weighted by atomic mass is 9.78. The molecule has 2 aromatic rings. The average Bonchev–Trinajstić information content (AvgIpc) is 3.01. The fourth-order valence-electron chi connectivity index (χ4n) is 3.54. The Morgan fingerprint density at radius 1 is 1.36 bits per heavy atom. The fraction of sp³-hybridized carbons (Fsp3) is 0.444. The summed E-state index contributed by atoms with van der Waals surface area (Å²) < 4.78 is 13.4. The summed E-state index contributed by atoms with van der Waals surface area (Å²) >= 11 is 1.84. The summed E-state index contributed by atoms with van der Waals surface area (Å²) in [7, 11) is 2.02. The number of likely N-dealkylation sites (N-methyl/N-ethyl adjacent to an activating group) is 1. The molecule has 4 heteroatoms. The molecule has 1 aromatic carbocycles. The van der Waals surface area contributed by atoms with Gasteiger partial charge in [0, 0.05) is 17.3 Å². The van der Waals surface area contributed by atoms with Gasteiger partial charge in [-0.2, -0.15) is 0 Å². The van der Waals surface area contributed by atoms with Gasteiger partial charge in [-0.05, 0) is 73.4 Å². The number of benzene rings is 1. The monoisotopic (exact) mass is 339 g/mol. The molecule has 0 fully saturated rings. The molecule has 3 rings (SSSR count). The van der Waals surface area contributed by atoms with Gasteiger partial charge in [-0.15, -0.1) is 23.7 Å². The van der Waals surface area contributed by atoms with Gasteiger partial charge in [0.25, 0.3) is 0 Å². The molecule has 2 atom stereocenters. The molecule has 0 aliphatic heterocycles. The maximum Gasteiger partial charge on any atom is 0.123 e. The van der Waals surface area contributed by atoms with Crippen molar-refractivity contribution in [3.63, 3.8) is 0 Å². The molecule has 0 radical (unpaired) electrons. The van der Waals surface area contributed by atoms with Gasteiger partial charge in [0.2, 0.25) is 0 Å². The van der Waals surface area contributed by atoms with E-state index in [1.807, 2.05) is 24.5 Å². The number of rotatable bonds is 5. The van der Waals surface area contributed by atoms with Crippen molar-refractivity contribution in [3.8, 4) is 0 Å². The number of halogens is 2. The SMILES string of the molecule is CNCC(CC1CCCc2cc(F)ccc21)c1cccs1.Cl. The predicted octanol–water partition coefficient (Wildman–Crippen LogP) is 5.12. The van der Waals surface area contributed by atoms with Gasteiger partial charge in [-0.1, -0.05) is 12.1 Å². The minimum Gasteiger partial charge on any atom is -0.319 e. The molecule has 22 heavy (non-hydrogen) atoms. The molecular formula is C18H23ClFNS. The molecule has 1 aliphatic carbocycles. The van der Waals surface area contributed by atoms with Gasteiger partial charge >= 0.3 is 0 Å². The first-order valence-corrected chi connectivity index (χ1v) is 8.62. The first kappa shape index (κ1) is 17.5. The van der Waals surface area contributed by atoms with E-state index in [9.17, 15) is 4.39 Å². The molecule has 1 aromatic heterocycles. The van der Waals surface area contributed by atoms with Crippen LogP contribution in [0.1, 0.15) is 47.1 Å². The van der Waals surface area contributed by atoms with Crippen molar-refractivity contribution in [3.05, 3.63) is 57.5 Å². The Morgan fingerprint density at radius 2 is 2.23 bits per heavy atom. The molecule has 1 N–H and O–H groups in total. The fourth-order valence-corrected chi connectivity index (χ4v) is 4.39. The molecule has 1 heterocycles. The van der Waals surface area contributed by atoms with Crippen molar-refractivity contribution in [1.82, 2.24) is 5.32 Å². The summed E-state index contributed by atoms with van der Waals surface area (Å²) in [5.41, 5.74) is 2.60. The zero-order valence-corrected chi connectivity index (χ0v) is 14.5. The number of aryl methyl sites for hydroxylation is 1. The second-order valence-corrected chi connectivity index (χ2v) is 6.92. The van der Waals surface area contributed by atoms with Crippen LogP contribution in [0, 0.1) is 5.82 Å². The molecule has 2 unspecified atom stereocenters. The number of hydrogen-bond donors (Lipinski definition) is 1. The Labute approximate surface area is 142 Å². The Hall–Kier alpha value is -0.900. The zero-order chi connectivity index (χ0) is 14.7. The minimum atomic E-state index is -0.0977. The number of nitrogens with one attached hydrogen (secondary N) is 1. The van der Waals surface area contributed by atoms with Crippen LogP contribution in [-0.4, -0.2) is 13.6 Å². The van der Waals surface area contributed by atoms with Gasteiger partial charge in [0.05, 0.1) is 0 Å². The molecule has 0 spiro atoms. The van der Waals surface area contributed by atoms with E-state index < -0.39 is 0 Å². The second-order valence-electron chi connectivity index (χ2n) is 5.94. The van der Waals surface area contributed by atoms with Gasteiger partial charge in [0.15, 0.2) is 0 Å². The summed E-state index contributed by atoms with van der Waals surface area (Å²) in [5.74, 6) is 1.02. The Kier molecular flexibility index (Phi) is 6.42. The van der Waals surface area contributed by atoms with Crippen LogP contribution in [0.3, 0.4) is 0 Å². The topological polar surface area (TPSA) is 12.0 Å². The smallest absolute Gasteiger partial charge is 0.123 e. The summed E-state index contributed by atoms with van der Waals surface area (Å²) in [6, 6.07) is 9.74. The summed E-state index contributed by atoms with van der Waals surface area (Å²) in [5, 5.41) is 5.48. The van der Waals surface area contributed by atoms with Crippen LogP contribution >= 0.6 is 23.7 Å². The van der Waals surface area contributed by atoms with E-state index in [2.05, 4.69) is 22.8 Å². The van der Waals surface area contributed by atoms with E-state index in [1.165, 1.54) is 28.8 Å². The zero-order valence-electron chi connectivity index (χ0n) is 12.8. The first-order chi connectivity index (χ1) is 10.3. The third kappa shape index (κ3) is 3.89. The van der Waals surface area contributed by atoms with E-state index in [-0.39, 0.29) is 18.2 Å². The van der Waals surface area contributed by atoms with Gasteiger partial charge in [-0.3, -0.25) is 0 Å². The molecule has 0 bridgehead atoms. The van der Waals surface area contributed by atoms with Crippen molar-refractivity contribution >= 4 is 23.7 Å². The van der Waals surface area contributed by atoms with Crippen LogP contribution in [0.5, 0.6) is 0 Å². The van der Waals surface area contributed by atoms with Crippen molar-refractivity contribution in [2.45, 2.75) is 37.5 Å². The third-order valence-corrected chi connectivity index (χ3v) is 5.54. The minimum absolute atomic E-state index is 0. The van der Waals surface area contributed by atoms with Crippen LogP contribution in [0.4, 0.5) is 4.39 Å². The second kappa shape index (κ2) is 8.09. The third-order valence-electron chi connectivity index (χ3n) is 4.51. The molecule has 0 saturated carbocycles. The van der Waals surface area contributed by atoms with Crippen molar-refractivity contribution < 1.29 is 4.39 Å². The lowest BCUT2D eigenvalue weighted by molar-refractivity contribution is 0.462. The number of fused-ring (bicyclic) bond motifs is 1. The van der Waals surface area contributed by atoms with E-state index in [4.69, 9.17) is 0 Å². The highest BCUT2D eigenvalue weighted by Gasteiger charge is 2.24. The molecule has 0 amide bonds. The highest BCUT2D eigenvalue weighted by molar-refractivity contribution is 7.10. The maximum atomic E-state index is 13.4. The number of thiophene rings is 1. The van der Waals surface area contributed by atoms with E-state index >= 15 is 0 Å². The van der Waals surface area contributed by atoms with Crippen molar-refractivity contribution in [2.75, 3.05) is 13.6 Å². The van der Waals surface area contributed by atoms with Crippen LogP contribution < -0.4 is 5.32 Å². The lowest BCUT2D eigenvalue weighted by Crippen LogP contribution is -2.20. The highest BCUT2D eigenvalue weighted by atomic mass is 35.5. The Balaban J connectivity index is 0.00000176. The van der Waals surface area contributed by atoms with E-state index in [1.54, 1.807) is 12.1 Å². The molecule has 0 saturated heterocycles. The summed E-state index contributed by atoms with van der Waals surface area (Å²) in [6.07, 6.45) is 4.58. The van der Waals surface area contributed by atoms with Crippen LogP contribution in [0.15, 0.2) is 35.7 Å². The van der Waals surface area contributed by atoms with Crippen LogP contribution in [0.25, 0.3) is 0 Å². The van der Waals surface area contributed by atoms with Gasteiger partial charge < -0.3 is 5.32 Å². The van der Waals surface area contributed by atoms with Crippen molar-refractivity contribution in [2.24, 2.45) is 0 Å². The van der Waals surface area contributed by atoms with Crippen LogP contribution in [-0.2, 0) is 6.42 Å². The van der Waals surface area contributed by atoms with Crippen molar-refractivity contribution in [1.29, 1.82) is 0 Å². The molecular weight excluding hydrogens is 317 g/mol. The Morgan fingerprint density at radius 3 is 2.95 bits per heavy atom. The molecule has 1 nitrogen and oxygen atoms in total. The van der Waals surface area contributed by atoms with Gasteiger partial charge in [0.1, 0.15) is 5.82 Å². The molecule has 1 aliphatic rings. The summed E-state index contributed by atoms with van der Waals surface area (Å²) in [6.45, 7) is 1.01. The predicted molar refractivity (Wildman–Crippen MR) is 94.9 cm³/mol. The summed E-state index contributed by atoms with van der Waals surface area (Å²) in [4.78, 5) is 1.46. The largest absolute Gasteiger partial charge is 0.319 e. The first-order valence-electron chi connectivity index (χ1n) is 7.74. The van der Waals surface area contributed by atoms with Crippen LogP contribution in [0.2, 0.25) is 0 Å². The molecule has 120 valence electrons. The normalized spacial score (nSPS) is 18.4. The highest BCUT2D eigenvalue weighted by Crippen LogP contribution is 2.39. The lowest BCUT2D eigenvalue weighted by Gasteiger charge is -2.29. The maximum absolute atomic E-state index is 13.4. The van der Waals surface area contributed by atoms with E-state index in [0.717, 1.165) is 19.4 Å². The average molecular weight is 340 g/mol.